The van der Waals surface area contributed by atoms with Gasteiger partial charge in [0.15, 0.2) is 0 Å². The fourth-order valence-corrected chi connectivity index (χ4v) is 1.41. The van der Waals surface area contributed by atoms with E-state index in [2.05, 4.69) is 11.1 Å². The van der Waals surface area contributed by atoms with Gasteiger partial charge in [-0.05, 0) is 25.7 Å². The maximum atomic E-state index is 9.87. The van der Waals surface area contributed by atoms with Crippen molar-refractivity contribution in [2.24, 2.45) is 10.9 Å². The minimum absolute atomic E-state index is 0.136. The van der Waals surface area contributed by atoms with Gasteiger partial charge in [-0.25, -0.2) is 9.79 Å². The highest BCUT2D eigenvalue weighted by Gasteiger charge is 2.19. The number of carbonyl (C=O) groups excluding carboxylic acids is 1. The van der Waals surface area contributed by atoms with Crippen LogP contribution in [0.15, 0.2) is 4.99 Å². The van der Waals surface area contributed by atoms with Gasteiger partial charge < -0.3 is 0 Å². The standard InChI is InChI=1S/C8H10N2O/c9-5-7-1-3-8(4-2-7)10-6-11/h7-8H,1-4H2. The first-order valence-electron chi connectivity index (χ1n) is 3.83. The first-order valence-corrected chi connectivity index (χ1v) is 3.83. The van der Waals surface area contributed by atoms with Crippen molar-refractivity contribution in [3.63, 3.8) is 0 Å². The van der Waals surface area contributed by atoms with Gasteiger partial charge in [-0.2, -0.15) is 5.26 Å². The third-order valence-electron chi connectivity index (χ3n) is 2.11. The average molecular weight is 150 g/mol. The molecule has 0 radical (unpaired) electrons. The molecule has 0 heterocycles. The van der Waals surface area contributed by atoms with E-state index in [0.717, 1.165) is 25.7 Å². The number of aliphatic imine (C=N–C) groups is 1. The van der Waals surface area contributed by atoms with Gasteiger partial charge in [-0.3, -0.25) is 0 Å². The molecule has 1 saturated carbocycles. The number of hydrogen-bond donors (Lipinski definition) is 0. The van der Waals surface area contributed by atoms with Gasteiger partial charge in [0, 0.05) is 5.92 Å². The topological polar surface area (TPSA) is 53.2 Å². The summed E-state index contributed by atoms with van der Waals surface area (Å²) < 4.78 is 0. The Morgan fingerprint density at radius 1 is 1.27 bits per heavy atom. The van der Waals surface area contributed by atoms with Crippen LogP contribution in [0.3, 0.4) is 0 Å². The Morgan fingerprint density at radius 3 is 2.36 bits per heavy atom. The normalized spacial score (nSPS) is 30.1. The second kappa shape index (κ2) is 3.90. The van der Waals surface area contributed by atoms with Crippen LogP contribution in [-0.4, -0.2) is 12.1 Å². The van der Waals surface area contributed by atoms with Crippen molar-refractivity contribution in [3.8, 4) is 6.07 Å². The summed E-state index contributed by atoms with van der Waals surface area (Å²) in [5.74, 6) is 0.188. The Hall–Kier alpha value is -1.13. The summed E-state index contributed by atoms with van der Waals surface area (Å²) in [4.78, 5) is 13.5. The van der Waals surface area contributed by atoms with E-state index in [-0.39, 0.29) is 12.0 Å². The molecule has 0 atom stereocenters. The zero-order chi connectivity index (χ0) is 8.10. The zero-order valence-electron chi connectivity index (χ0n) is 6.29. The number of hydrogen-bond acceptors (Lipinski definition) is 3. The highest BCUT2D eigenvalue weighted by atomic mass is 16.1. The van der Waals surface area contributed by atoms with Crippen molar-refractivity contribution in [1.29, 1.82) is 5.26 Å². The van der Waals surface area contributed by atoms with Gasteiger partial charge >= 0.3 is 0 Å². The third-order valence-corrected chi connectivity index (χ3v) is 2.11. The first-order chi connectivity index (χ1) is 5.36. The summed E-state index contributed by atoms with van der Waals surface area (Å²) in [6, 6.07) is 2.36. The number of nitrogens with zero attached hydrogens (tertiary/aromatic N) is 2. The van der Waals surface area contributed by atoms with Crippen molar-refractivity contribution in [3.05, 3.63) is 0 Å². The summed E-state index contributed by atoms with van der Waals surface area (Å²) in [5, 5.41) is 8.55. The molecule has 0 unspecified atom stereocenters. The zero-order valence-corrected chi connectivity index (χ0v) is 6.29. The predicted octanol–water partition coefficient (Wildman–Crippen LogP) is 1.40. The van der Waals surface area contributed by atoms with E-state index in [0.29, 0.717) is 0 Å². The van der Waals surface area contributed by atoms with Crippen molar-refractivity contribution < 1.29 is 4.79 Å². The lowest BCUT2D eigenvalue weighted by Crippen LogP contribution is -2.15. The smallest absolute Gasteiger partial charge is 0.211 e. The molecule has 0 spiro atoms. The van der Waals surface area contributed by atoms with Gasteiger partial charge in [0.25, 0.3) is 0 Å². The van der Waals surface area contributed by atoms with Crippen LogP contribution < -0.4 is 0 Å². The first kappa shape index (κ1) is 7.97. The van der Waals surface area contributed by atoms with Crippen LogP contribution in [0.2, 0.25) is 0 Å². The second-order valence-corrected chi connectivity index (χ2v) is 2.85. The predicted molar refractivity (Wildman–Crippen MR) is 39.5 cm³/mol. The molecule has 0 aromatic rings. The summed E-state index contributed by atoms with van der Waals surface area (Å²) in [7, 11) is 0. The van der Waals surface area contributed by atoms with Crippen LogP contribution in [0.4, 0.5) is 0 Å². The number of rotatable bonds is 1. The number of nitriles is 1. The lowest BCUT2D eigenvalue weighted by atomic mass is 9.87. The SMILES string of the molecule is N#CC1CCC(N=C=O)CC1. The molecule has 3 heteroatoms. The van der Waals surface area contributed by atoms with Crippen LogP contribution >= 0.6 is 0 Å². The summed E-state index contributed by atoms with van der Waals surface area (Å²) in [6.45, 7) is 0. The minimum atomic E-state index is 0.136. The molecule has 1 fully saturated rings. The second-order valence-electron chi connectivity index (χ2n) is 2.85. The average Bonchev–Trinajstić information content (AvgIpc) is 2.07. The van der Waals surface area contributed by atoms with Crippen LogP contribution in [0.1, 0.15) is 25.7 Å². The van der Waals surface area contributed by atoms with Gasteiger partial charge in [0.2, 0.25) is 6.08 Å². The van der Waals surface area contributed by atoms with E-state index in [1.807, 2.05) is 0 Å². The van der Waals surface area contributed by atoms with E-state index < -0.39 is 0 Å². The summed E-state index contributed by atoms with van der Waals surface area (Å²) in [5.41, 5.74) is 0. The molecule has 0 saturated heterocycles. The van der Waals surface area contributed by atoms with Gasteiger partial charge in [0.05, 0.1) is 12.1 Å². The Balaban J connectivity index is 2.37. The van der Waals surface area contributed by atoms with Crippen molar-refractivity contribution >= 4 is 6.08 Å². The molecule has 1 aliphatic carbocycles. The molecule has 1 aliphatic rings. The molecule has 1 rings (SSSR count). The molecule has 58 valence electrons. The summed E-state index contributed by atoms with van der Waals surface area (Å²) >= 11 is 0. The molecule has 0 bridgehead atoms. The Kier molecular flexibility index (Phi) is 2.83. The third kappa shape index (κ3) is 2.18. The van der Waals surface area contributed by atoms with Gasteiger partial charge in [-0.15, -0.1) is 0 Å². The lowest BCUT2D eigenvalue weighted by molar-refractivity contribution is 0.381. The van der Waals surface area contributed by atoms with Crippen molar-refractivity contribution in [2.75, 3.05) is 0 Å². The fourth-order valence-electron chi connectivity index (χ4n) is 1.41. The molecule has 3 nitrogen and oxygen atoms in total. The maximum Gasteiger partial charge on any atom is 0.235 e. The molecular formula is C8H10N2O. The van der Waals surface area contributed by atoms with Crippen molar-refractivity contribution in [1.82, 2.24) is 0 Å². The van der Waals surface area contributed by atoms with Crippen LogP contribution in [-0.2, 0) is 4.79 Å². The van der Waals surface area contributed by atoms with E-state index in [4.69, 9.17) is 5.26 Å². The van der Waals surface area contributed by atoms with E-state index in [9.17, 15) is 4.79 Å². The highest BCUT2D eigenvalue weighted by Crippen LogP contribution is 2.24. The Morgan fingerprint density at radius 2 is 1.91 bits per heavy atom. The largest absolute Gasteiger partial charge is 0.235 e. The monoisotopic (exact) mass is 150 g/mol. The molecule has 0 N–H and O–H groups in total. The lowest BCUT2D eigenvalue weighted by Gasteiger charge is -2.19. The fraction of sp³-hybridized carbons (Fsp3) is 0.750. The molecule has 0 aromatic heterocycles. The highest BCUT2D eigenvalue weighted by molar-refractivity contribution is 5.33. The number of isocyanates is 1. The molecule has 0 amide bonds. The summed E-state index contributed by atoms with van der Waals surface area (Å²) in [6.07, 6.45) is 5.06. The minimum Gasteiger partial charge on any atom is -0.211 e. The van der Waals surface area contributed by atoms with E-state index in [1.165, 1.54) is 0 Å². The van der Waals surface area contributed by atoms with E-state index in [1.54, 1.807) is 6.08 Å². The van der Waals surface area contributed by atoms with Crippen LogP contribution in [0, 0.1) is 17.2 Å². The molecule has 0 aromatic carbocycles. The molecule has 0 aliphatic heterocycles. The van der Waals surface area contributed by atoms with Gasteiger partial charge in [-0.1, -0.05) is 0 Å². The maximum absolute atomic E-state index is 9.87. The van der Waals surface area contributed by atoms with E-state index >= 15 is 0 Å². The van der Waals surface area contributed by atoms with Crippen LogP contribution in [0.25, 0.3) is 0 Å². The Bertz CT molecular complexity index is 205. The molecule has 11 heavy (non-hydrogen) atoms. The quantitative estimate of drug-likeness (QED) is 0.419. The van der Waals surface area contributed by atoms with Crippen LogP contribution in [0.5, 0.6) is 0 Å². The Labute approximate surface area is 65.7 Å². The van der Waals surface area contributed by atoms with Crippen molar-refractivity contribution in [2.45, 2.75) is 31.7 Å². The molecular weight excluding hydrogens is 140 g/mol. The van der Waals surface area contributed by atoms with Gasteiger partial charge in [0.1, 0.15) is 0 Å².